The van der Waals surface area contributed by atoms with Gasteiger partial charge in [0.05, 0.1) is 11.1 Å². The zero-order chi connectivity index (χ0) is 13.9. The van der Waals surface area contributed by atoms with Crippen molar-refractivity contribution in [2.45, 2.75) is 0 Å². The minimum absolute atomic E-state index is 0.0702. The summed E-state index contributed by atoms with van der Waals surface area (Å²) in [7, 11) is 0. The number of carbonyl (C=O) groups excluding carboxylic acids is 1. The molecule has 20 heavy (non-hydrogen) atoms. The second-order valence-electron chi connectivity index (χ2n) is 4.23. The molecule has 0 atom stereocenters. The van der Waals surface area contributed by atoms with Gasteiger partial charge in [0.15, 0.2) is 11.5 Å². The highest BCUT2D eigenvalue weighted by Gasteiger charge is 2.14. The van der Waals surface area contributed by atoms with Gasteiger partial charge in [-0.2, -0.15) is 0 Å². The number of hydrogen-bond acceptors (Lipinski definition) is 4. The van der Waals surface area contributed by atoms with Gasteiger partial charge in [-0.15, -0.1) is 0 Å². The predicted molar refractivity (Wildman–Crippen MR) is 74.8 cm³/mol. The largest absolute Gasteiger partial charge is 0.504 e. The van der Waals surface area contributed by atoms with Gasteiger partial charge in [0.2, 0.25) is 0 Å². The number of fused-ring (bicyclic) bond motifs is 1. The number of aromatic nitrogens is 1. The maximum Gasteiger partial charge on any atom is 0.344 e. The van der Waals surface area contributed by atoms with Crippen LogP contribution >= 0.6 is 0 Å². The predicted octanol–water partition coefficient (Wildman–Crippen LogP) is 3.16. The number of carbonyl (C=O) groups is 1. The zero-order valence-electron chi connectivity index (χ0n) is 10.5. The van der Waals surface area contributed by atoms with Gasteiger partial charge in [-0.3, -0.25) is 4.98 Å². The number of phenols is 1. The summed E-state index contributed by atoms with van der Waals surface area (Å²) < 4.78 is 5.22. The number of phenolic OH excluding ortho intramolecular Hbond substituents is 1. The fourth-order valence-corrected chi connectivity index (χ4v) is 1.97. The standard InChI is InChI=1S/C16H11NO3/c18-14-7-3-4-8-15(14)20-16(19)12-9-10-17-13-6-2-1-5-11(12)13/h1-10,18H. The van der Waals surface area contributed by atoms with E-state index in [0.29, 0.717) is 5.56 Å². The molecule has 0 fully saturated rings. The second-order valence-corrected chi connectivity index (χ2v) is 4.23. The van der Waals surface area contributed by atoms with Crippen molar-refractivity contribution in [2.24, 2.45) is 0 Å². The smallest absolute Gasteiger partial charge is 0.344 e. The first kappa shape index (κ1) is 12.2. The first-order valence-electron chi connectivity index (χ1n) is 6.09. The van der Waals surface area contributed by atoms with E-state index in [9.17, 15) is 9.90 Å². The third-order valence-corrected chi connectivity index (χ3v) is 2.94. The molecule has 0 spiro atoms. The molecule has 1 aromatic heterocycles. The number of hydrogen-bond donors (Lipinski definition) is 1. The van der Waals surface area contributed by atoms with Crippen LogP contribution in [0.3, 0.4) is 0 Å². The Morgan fingerprint density at radius 1 is 1.00 bits per heavy atom. The molecule has 0 bridgehead atoms. The minimum atomic E-state index is -0.523. The molecule has 0 aliphatic rings. The fraction of sp³-hybridized carbons (Fsp3) is 0. The maximum absolute atomic E-state index is 12.2. The Kier molecular flexibility index (Phi) is 3.05. The van der Waals surface area contributed by atoms with Crippen LogP contribution in [0.1, 0.15) is 10.4 Å². The van der Waals surface area contributed by atoms with Crippen molar-refractivity contribution < 1.29 is 14.6 Å². The topological polar surface area (TPSA) is 59.4 Å². The van der Waals surface area contributed by atoms with Gasteiger partial charge in [-0.1, -0.05) is 30.3 Å². The van der Waals surface area contributed by atoms with Crippen molar-refractivity contribution in [1.82, 2.24) is 4.98 Å². The number of benzene rings is 2. The average Bonchev–Trinajstić information content (AvgIpc) is 2.49. The van der Waals surface area contributed by atoms with E-state index in [1.807, 2.05) is 24.3 Å². The Balaban J connectivity index is 1.99. The third-order valence-electron chi connectivity index (χ3n) is 2.94. The van der Waals surface area contributed by atoms with Crippen LogP contribution < -0.4 is 4.74 Å². The van der Waals surface area contributed by atoms with Crippen LogP contribution in [0.2, 0.25) is 0 Å². The van der Waals surface area contributed by atoms with E-state index < -0.39 is 5.97 Å². The van der Waals surface area contributed by atoms with Crippen molar-refractivity contribution in [1.29, 1.82) is 0 Å². The molecule has 2 aromatic carbocycles. The Hall–Kier alpha value is -2.88. The third kappa shape index (κ3) is 2.19. The lowest BCUT2D eigenvalue weighted by Crippen LogP contribution is -2.09. The van der Waals surface area contributed by atoms with Crippen molar-refractivity contribution in [3.63, 3.8) is 0 Å². The van der Waals surface area contributed by atoms with Crippen LogP contribution in [0.4, 0.5) is 0 Å². The summed E-state index contributed by atoms with van der Waals surface area (Å²) in [6.07, 6.45) is 1.56. The minimum Gasteiger partial charge on any atom is -0.504 e. The van der Waals surface area contributed by atoms with E-state index in [1.165, 1.54) is 12.1 Å². The maximum atomic E-state index is 12.2. The van der Waals surface area contributed by atoms with Gasteiger partial charge in [-0.25, -0.2) is 4.79 Å². The first-order chi connectivity index (χ1) is 9.75. The number of aromatic hydroxyl groups is 1. The Bertz CT molecular complexity index is 778. The molecule has 0 unspecified atom stereocenters. The van der Waals surface area contributed by atoms with Crippen LogP contribution in [-0.2, 0) is 0 Å². The van der Waals surface area contributed by atoms with E-state index in [0.717, 1.165) is 10.9 Å². The summed E-state index contributed by atoms with van der Waals surface area (Å²) in [6, 6.07) is 15.3. The molecule has 4 nitrogen and oxygen atoms in total. The summed E-state index contributed by atoms with van der Waals surface area (Å²) in [6.45, 7) is 0. The van der Waals surface area contributed by atoms with E-state index in [2.05, 4.69) is 4.98 Å². The summed E-state index contributed by atoms with van der Waals surface area (Å²) in [5, 5.41) is 10.3. The molecular formula is C16H11NO3. The number of esters is 1. The number of rotatable bonds is 2. The van der Waals surface area contributed by atoms with Crippen LogP contribution in [0, 0.1) is 0 Å². The molecule has 3 aromatic rings. The Morgan fingerprint density at radius 2 is 1.75 bits per heavy atom. The molecule has 0 saturated carbocycles. The summed E-state index contributed by atoms with van der Waals surface area (Å²) in [5.74, 6) is -0.456. The number of nitrogens with zero attached hydrogens (tertiary/aromatic N) is 1. The van der Waals surface area contributed by atoms with Crippen molar-refractivity contribution >= 4 is 16.9 Å². The summed E-state index contributed by atoms with van der Waals surface area (Å²) in [4.78, 5) is 16.4. The molecule has 1 heterocycles. The van der Waals surface area contributed by atoms with E-state index in [4.69, 9.17) is 4.74 Å². The normalized spacial score (nSPS) is 10.4. The number of para-hydroxylation sites is 3. The van der Waals surface area contributed by atoms with Crippen LogP contribution in [0.25, 0.3) is 10.9 Å². The van der Waals surface area contributed by atoms with Gasteiger partial charge >= 0.3 is 5.97 Å². The molecule has 4 heteroatoms. The molecule has 0 aliphatic heterocycles. The lowest BCUT2D eigenvalue weighted by molar-refractivity contribution is 0.0731. The molecule has 0 saturated heterocycles. The molecular weight excluding hydrogens is 254 g/mol. The van der Waals surface area contributed by atoms with Crippen molar-refractivity contribution in [3.05, 3.63) is 66.4 Å². The highest BCUT2D eigenvalue weighted by Crippen LogP contribution is 2.26. The molecule has 0 radical (unpaired) electrons. The van der Waals surface area contributed by atoms with E-state index in [-0.39, 0.29) is 11.5 Å². The van der Waals surface area contributed by atoms with Gasteiger partial charge in [0.25, 0.3) is 0 Å². The molecule has 0 aliphatic carbocycles. The summed E-state index contributed by atoms with van der Waals surface area (Å²) >= 11 is 0. The molecule has 3 rings (SSSR count). The Morgan fingerprint density at radius 3 is 2.60 bits per heavy atom. The van der Waals surface area contributed by atoms with Gasteiger partial charge in [0, 0.05) is 11.6 Å². The molecule has 98 valence electrons. The van der Waals surface area contributed by atoms with E-state index >= 15 is 0 Å². The van der Waals surface area contributed by atoms with E-state index in [1.54, 1.807) is 24.4 Å². The van der Waals surface area contributed by atoms with Gasteiger partial charge < -0.3 is 9.84 Å². The average molecular weight is 265 g/mol. The highest BCUT2D eigenvalue weighted by atomic mass is 16.5. The summed E-state index contributed by atoms with van der Waals surface area (Å²) in [5.41, 5.74) is 1.14. The highest BCUT2D eigenvalue weighted by molar-refractivity contribution is 6.04. The number of ether oxygens (including phenoxy) is 1. The van der Waals surface area contributed by atoms with Crippen molar-refractivity contribution in [3.8, 4) is 11.5 Å². The molecule has 1 N–H and O–H groups in total. The lowest BCUT2D eigenvalue weighted by Gasteiger charge is -2.07. The van der Waals surface area contributed by atoms with Gasteiger partial charge in [-0.05, 0) is 24.3 Å². The van der Waals surface area contributed by atoms with Crippen LogP contribution in [0.15, 0.2) is 60.8 Å². The molecule has 0 amide bonds. The second kappa shape index (κ2) is 5.01. The first-order valence-corrected chi connectivity index (χ1v) is 6.09. The van der Waals surface area contributed by atoms with Crippen LogP contribution in [0.5, 0.6) is 11.5 Å². The quantitative estimate of drug-likeness (QED) is 0.571. The zero-order valence-corrected chi connectivity index (χ0v) is 10.5. The SMILES string of the molecule is O=C(Oc1ccccc1O)c1ccnc2ccccc12. The number of pyridine rings is 1. The lowest BCUT2D eigenvalue weighted by atomic mass is 10.1. The Labute approximate surface area is 115 Å². The van der Waals surface area contributed by atoms with Crippen molar-refractivity contribution in [2.75, 3.05) is 0 Å². The monoisotopic (exact) mass is 265 g/mol. The van der Waals surface area contributed by atoms with Crippen LogP contribution in [-0.4, -0.2) is 16.1 Å². The van der Waals surface area contributed by atoms with Gasteiger partial charge in [0.1, 0.15) is 0 Å². The fourth-order valence-electron chi connectivity index (χ4n) is 1.97.